The Bertz CT molecular complexity index is 542. The number of fused-ring (bicyclic) bond motifs is 1. The van der Waals surface area contributed by atoms with Crippen LogP contribution in [0.15, 0.2) is 18.5 Å². The van der Waals surface area contributed by atoms with Gasteiger partial charge in [-0.1, -0.05) is 13.3 Å². The number of aromatic nitrogens is 3. The zero-order chi connectivity index (χ0) is 12.5. The van der Waals surface area contributed by atoms with Gasteiger partial charge in [-0.2, -0.15) is 0 Å². The van der Waals surface area contributed by atoms with E-state index < -0.39 is 0 Å². The summed E-state index contributed by atoms with van der Waals surface area (Å²) in [5, 5.41) is 0. The third-order valence-corrected chi connectivity index (χ3v) is 3.58. The summed E-state index contributed by atoms with van der Waals surface area (Å²) < 4.78 is 2.38. The van der Waals surface area contributed by atoms with Crippen LogP contribution in [0.25, 0.3) is 11.0 Å². The quantitative estimate of drug-likeness (QED) is 0.878. The molecule has 2 aromatic heterocycles. The molecule has 1 aliphatic rings. The minimum Gasteiger partial charge on any atom is -0.327 e. The fraction of sp³-hybridized carbons (Fsp3) is 0.571. The Labute approximate surface area is 107 Å². The molecule has 1 unspecified atom stereocenters. The third-order valence-electron chi connectivity index (χ3n) is 3.58. The summed E-state index contributed by atoms with van der Waals surface area (Å²) in [5.41, 5.74) is 8.38. The highest BCUT2D eigenvalue weighted by Crippen LogP contribution is 2.38. The van der Waals surface area contributed by atoms with Crippen LogP contribution in [-0.4, -0.2) is 20.6 Å². The van der Waals surface area contributed by atoms with Gasteiger partial charge >= 0.3 is 0 Å². The minimum absolute atomic E-state index is 0.220. The van der Waals surface area contributed by atoms with E-state index in [9.17, 15) is 0 Å². The van der Waals surface area contributed by atoms with Crippen LogP contribution in [0.1, 0.15) is 44.5 Å². The average Bonchev–Trinajstić information content (AvgIpc) is 3.11. The zero-order valence-electron chi connectivity index (χ0n) is 10.8. The van der Waals surface area contributed by atoms with Crippen molar-refractivity contribution >= 4 is 11.0 Å². The molecule has 2 N–H and O–H groups in total. The molecule has 0 bridgehead atoms. The maximum atomic E-state index is 6.16. The predicted octanol–water partition coefficient (Wildman–Crippen LogP) is 2.44. The third kappa shape index (κ3) is 2.12. The summed E-state index contributed by atoms with van der Waals surface area (Å²) in [6, 6.07) is 2.92. The molecule has 18 heavy (non-hydrogen) atoms. The van der Waals surface area contributed by atoms with E-state index in [4.69, 9.17) is 10.7 Å². The SMILES string of the molecule is CCCC(N)Cc1nc2cnccc2n1C1CC1. The Balaban J connectivity index is 1.97. The number of hydrogen-bond donors (Lipinski definition) is 1. The number of nitrogens with zero attached hydrogens (tertiary/aromatic N) is 3. The summed E-state index contributed by atoms with van der Waals surface area (Å²) in [6.45, 7) is 2.17. The van der Waals surface area contributed by atoms with E-state index in [-0.39, 0.29) is 6.04 Å². The summed E-state index contributed by atoms with van der Waals surface area (Å²) in [5.74, 6) is 1.14. The molecule has 0 aliphatic heterocycles. The van der Waals surface area contributed by atoms with E-state index in [1.165, 1.54) is 18.4 Å². The Morgan fingerprint density at radius 3 is 3.06 bits per heavy atom. The van der Waals surface area contributed by atoms with E-state index in [1.54, 1.807) is 0 Å². The van der Waals surface area contributed by atoms with Gasteiger partial charge in [0.15, 0.2) is 0 Å². The fourth-order valence-corrected chi connectivity index (χ4v) is 2.59. The lowest BCUT2D eigenvalue weighted by molar-refractivity contribution is 0.564. The highest BCUT2D eigenvalue weighted by Gasteiger charge is 2.28. The Morgan fingerprint density at radius 2 is 2.33 bits per heavy atom. The predicted molar refractivity (Wildman–Crippen MR) is 72.4 cm³/mol. The van der Waals surface area contributed by atoms with E-state index in [2.05, 4.69) is 22.5 Å². The van der Waals surface area contributed by atoms with Crippen LogP contribution in [0.5, 0.6) is 0 Å². The molecule has 0 amide bonds. The first-order valence-electron chi connectivity index (χ1n) is 6.86. The molecule has 1 atom stereocenters. The average molecular weight is 244 g/mol. The van der Waals surface area contributed by atoms with E-state index in [0.29, 0.717) is 6.04 Å². The van der Waals surface area contributed by atoms with Gasteiger partial charge in [0, 0.05) is 24.7 Å². The first kappa shape index (κ1) is 11.7. The van der Waals surface area contributed by atoms with E-state index >= 15 is 0 Å². The van der Waals surface area contributed by atoms with Gasteiger partial charge in [-0.25, -0.2) is 4.98 Å². The van der Waals surface area contributed by atoms with Gasteiger partial charge in [0.1, 0.15) is 11.3 Å². The molecule has 2 heterocycles. The van der Waals surface area contributed by atoms with Crippen molar-refractivity contribution in [2.45, 2.75) is 51.1 Å². The lowest BCUT2D eigenvalue weighted by Gasteiger charge is -2.12. The van der Waals surface area contributed by atoms with Crippen LogP contribution in [0.2, 0.25) is 0 Å². The second-order valence-electron chi connectivity index (χ2n) is 5.25. The molecule has 1 aliphatic carbocycles. The highest BCUT2D eigenvalue weighted by atomic mass is 15.1. The van der Waals surface area contributed by atoms with E-state index in [1.807, 2.05) is 12.4 Å². The first-order chi connectivity index (χ1) is 8.79. The number of pyridine rings is 1. The Kier molecular flexibility index (Phi) is 3.04. The molecule has 0 spiro atoms. The monoisotopic (exact) mass is 244 g/mol. The molecule has 2 aromatic rings. The first-order valence-corrected chi connectivity index (χ1v) is 6.86. The van der Waals surface area contributed by atoms with Crippen molar-refractivity contribution in [3.63, 3.8) is 0 Å². The molecule has 0 saturated heterocycles. The maximum Gasteiger partial charge on any atom is 0.111 e. The van der Waals surface area contributed by atoms with Crippen molar-refractivity contribution in [1.29, 1.82) is 0 Å². The fourth-order valence-electron chi connectivity index (χ4n) is 2.59. The molecule has 4 heteroatoms. The molecule has 1 saturated carbocycles. The lowest BCUT2D eigenvalue weighted by atomic mass is 10.1. The summed E-state index contributed by atoms with van der Waals surface area (Å²) in [4.78, 5) is 8.87. The molecular formula is C14H20N4. The second kappa shape index (κ2) is 4.69. The Morgan fingerprint density at radius 1 is 1.50 bits per heavy atom. The number of rotatable bonds is 5. The number of imidazole rings is 1. The van der Waals surface area contributed by atoms with Crippen molar-refractivity contribution < 1.29 is 0 Å². The molecule has 0 radical (unpaired) electrons. The highest BCUT2D eigenvalue weighted by molar-refractivity contribution is 5.75. The maximum absolute atomic E-state index is 6.16. The van der Waals surface area contributed by atoms with Crippen molar-refractivity contribution in [2.75, 3.05) is 0 Å². The van der Waals surface area contributed by atoms with Crippen molar-refractivity contribution in [1.82, 2.24) is 14.5 Å². The standard InChI is InChI=1S/C14H20N4/c1-2-3-10(15)8-14-17-12-9-16-7-6-13(12)18(14)11-4-5-11/h6-7,9-11H,2-5,8,15H2,1H3. The van der Waals surface area contributed by atoms with Gasteiger partial charge in [-0.05, 0) is 25.3 Å². The summed E-state index contributed by atoms with van der Waals surface area (Å²) in [6.07, 6.45) is 9.30. The summed E-state index contributed by atoms with van der Waals surface area (Å²) >= 11 is 0. The van der Waals surface area contributed by atoms with Crippen LogP contribution in [0, 0.1) is 0 Å². The molecular weight excluding hydrogens is 224 g/mol. The molecule has 96 valence electrons. The van der Waals surface area contributed by atoms with Gasteiger partial charge in [0.25, 0.3) is 0 Å². The van der Waals surface area contributed by atoms with Crippen LogP contribution < -0.4 is 5.73 Å². The smallest absolute Gasteiger partial charge is 0.111 e. The van der Waals surface area contributed by atoms with Gasteiger partial charge in [0.05, 0.1) is 11.7 Å². The number of nitrogens with two attached hydrogens (primary N) is 1. The minimum atomic E-state index is 0.220. The van der Waals surface area contributed by atoms with Gasteiger partial charge in [0.2, 0.25) is 0 Å². The summed E-state index contributed by atoms with van der Waals surface area (Å²) in [7, 11) is 0. The van der Waals surface area contributed by atoms with Crippen LogP contribution in [-0.2, 0) is 6.42 Å². The number of hydrogen-bond acceptors (Lipinski definition) is 3. The zero-order valence-corrected chi connectivity index (χ0v) is 10.8. The van der Waals surface area contributed by atoms with Gasteiger partial charge < -0.3 is 10.3 Å². The topological polar surface area (TPSA) is 56.7 Å². The van der Waals surface area contributed by atoms with Gasteiger partial charge in [-0.15, -0.1) is 0 Å². The lowest BCUT2D eigenvalue weighted by Crippen LogP contribution is -2.24. The molecule has 0 aromatic carbocycles. The normalized spacial score (nSPS) is 17.2. The molecule has 1 fully saturated rings. The van der Waals surface area contributed by atoms with Crippen LogP contribution in [0.3, 0.4) is 0 Å². The molecule has 3 rings (SSSR count). The van der Waals surface area contributed by atoms with Crippen molar-refractivity contribution in [2.24, 2.45) is 5.73 Å². The molecule has 4 nitrogen and oxygen atoms in total. The Hall–Kier alpha value is -1.42. The van der Waals surface area contributed by atoms with Crippen LogP contribution >= 0.6 is 0 Å². The largest absolute Gasteiger partial charge is 0.327 e. The van der Waals surface area contributed by atoms with Crippen LogP contribution in [0.4, 0.5) is 0 Å². The van der Waals surface area contributed by atoms with E-state index in [0.717, 1.165) is 30.6 Å². The second-order valence-corrected chi connectivity index (χ2v) is 5.25. The van der Waals surface area contributed by atoms with Crippen molar-refractivity contribution in [3.8, 4) is 0 Å². The van der Waals surface area contributed by atoms with Crippen molar-refractivity contribution in [3.05, 3.63) is 24.3 Å². The van der Waals surface area contributed by atoms with Gasteiger partial charge in [-0.3, -0.25) is 4.98 Å².